The fraction of sp³-hybridized carbons (Fsp3) is 0.105. The number of halogens is 1. The van der Waals surface area contributed by atoms with E-state index < -0.39 is 0 Å². The third-order valence-electron chi connectivity index (χ3n) is 3.16. The summed E-state index contributed by atoms with van der Waals surface area (Å²) in [5.74, 6) is 6.05. The standard InChI is InChI=1S/C19H14BrNO/c20-17-10-8-16-9-11-18(21-19(16)13-17)7-4-12-22-14-15-5-2-1-3-6-15/h1-3,5-6,8-11,13H,12,14H2. The number of benzene rings is 2. The molecule has 1 heterocycles. The molecular weight excluding hydrogens is 338 g/mol. The number of pyridine rings is 1. The van der Waals surface area contributed by atoms with Crippen LogP contribution in [0.1, 0.15) is 11.3 Å². The van der Waals surface area contributed by atoms with Crippen LogP contribution in [0.2, 0.25) is 0 Å². The van der Waals surface area contributed by atoms with Crippen molar-refractivity contribution in [2.45, 2.75) is 6.61 Å². The number of rotatable bonds is 3. The molecule has 0 amide bonds. The first-order valence-electron chi connectivity index (χ1n) is 6.98. The van der Waals surface area contributed by atoms with Gasteiger partial charge in [0.15, 0.2) is 0 Å². The van der Waals surface area contributed by atoms with E-state index in [1.54, 1.807) is 0 Å². The highest BCUT2D eigenvalue weighted by atomic mass is 79.9. The summed E-state index contributed by atoms with van der Waals surface area (Å²) in [4.78, 5) is 4.53. The normalized spacial score (nSPS) is 10.2. The maximum absolute atomic E-state index is 5.54. The number of hydrogen-bond acceptors (Lipinski definition) is 2. The second kappa shape index (κ2) is 7.22. The maximum Gasteiger partial charge on any atom is 0.113 e. The molecule has 0 bridgehead atoms. The van der Waals surface area contributed by atoms with Gasteiger partial charge in [-0.3, -0.25) is 0 Å². The van der Waals surface area contributed by atoms with Gasteiger partial charge in [-0.1, -0.05) is 64.3 Å². The van der Waals surface area contributed by atoms with Crippen LogP contribution in [0.4, 0.5) is 0 Å². The van der Waals surface area contributed by atoms with Crippen molar-refractivity contribution in [1.29, 1.82) is 0 Å². The van der Waals surface area contributed by atoms with Crippen molar-refractivity contribution < 1.29 is 4.74 Å². The molecule has 0 saturated carbocycles. The number of ether oxygens (including phenoxy) is 1. The van der Waals surface area contributed by atoms with Crippen molar-refractivity contribution in [3.05, 3.63) is 76.4 Å². The summed E-state index contributed by atoms with van der Waals surface area (Å²) in [5, 5.41) is 1.11. The molecule has 0 aliphatic heterocycles. The van der Waals surface area contributed by atoms with E-state index in [1.165, 1.54) is 0 Å². The first kappa shape index (κ1) is 14.8. The molecule has 0 aliphatic rings. The first-order chi connectivity index (χ1) is 10.8. The van der Waals surface area contributed by atoms with Crippen molar-refractivity contribution in [3.63, 3.8) is 0 Å². The van der Waals surface area contributed by atoms with Gasteiger partial charge in [0.1, 0.15) is 12.3 Å². The molecule has 0 saturated heterocycles. The lowest BCUT2D eigenvalue weighted by Crippen LogP contribution is -1.93. The topological polar surface area (TPSA) is 22.1 Å². The van der Waals surface area contributed by atoms with E-state index in [-0.39, 0.29) is 0 Å². The van der Waals surface area contributed by atoms with Gasteiger partial charge in [0.05, 0.1) is 12.1 Å². The molecule has 2 nitrogen and oxygen atoms in total. The third kappa shape index (κ3) is 3.94. The molecule has 0 spiro atoms. The largest absolute Gasteiger partial charge is 0.364 e. The van der Waals surface area contributed by atoms with Crippen LogP contribution in [0.25, 0.3) is 10.9 Å². The first-order valence-corrected chi connectivity index (χ1v) is 7.77. The van der Waals surface area contributed by atoms with Crippen LogP contribution in [0, 0.1) is 11.8 Å². The van der Waals surface area contributed by atoms with Crippen molar-refractivity contribution in [3.8, 4) is 11.8 Å². The predicted molar refractivity (Wildman–Crippen MR) is 92.4 cm³/mol. The van der Waals surface area contributed by atoms with Crippen LogP contribution >= 0.6 is 15.9 Å². The van der Waals surface area contributed by atoms with Crippen LogP contribution in [0.15, 0.2) is 65.1 Å². The second-order valence-electron chi connectivity index (χ2n) is 4.81. The lowest BCUT2D eigenvalue weighted by Gasteiger charge is -2.00. The number of aromatic nitrogens is 1. The van der Waals surface area contributed by atoms with Crippen molar-refractivity contribution in [1.82, 2.24) is 4.98 Å². The molecule has 108 valence electrons. The van der Waals surface area contributed by atoms with Crippen LogP contribution in [-0.2, 0) is 11.3 Å². The molecule has 0 N–H and O–H groups in total. The van der Waals surface area contributed by atoms with Gasteiger partial charge in [-0.25, -0.2) is 4.98 Å². The Kier molecular flexibility index (Phi) is 4.85. The molecule has 22 heavy (non-hydrogen) atoms. The van der Waals surface area contributed by atoms with Gasteiger partial charge in [-0.05, 0) is 29.7 Å². The van der Waals surface area contributed by atoms with Gasteiger partial charge in [0, 0.05) is 9.86 Å². The number of hydrogen-bond donors (Lipinski definition) is 0. The van der Waals surface area contributed by atoms with Gasteiger partial charge in [0.2, 0.25) is 0 Å². The number of nitrogens with zero attached hydrogens (tertiary/aromatic N) is 1. The second-order valence-corrected chi connectivity index (χ2v) is 5.73. The lowest BCUT2D eigenvalue weighted by molar-refractivity contribution is 0.153. The minimum Gasteiger partial charge on any atom is -0.364 e. The van der Waals surface area contributed by atoms with E-state index in [0.717, 1.165) is 26.6 Å². The van der Waals surface area contributed by atoms with E-state index in [2.05, 4.69) is 32.8 Å². The van der Waals surface area contributed by atoms with E-state index in [9.17, 15) is 0 Å². The zero-order valence-corrected chi connectivity index (χ0v) is 13.5. The summed E-state index contributed by atoms with van der Waals surface area (Å²) in [5.41, 5.74) is 2.85. The smallest absolute Gasteiger partial charge is 0.113 e. The molecule has 1 aromatic heterocycles. The molecule has 2 aromatic carbocycles. The Labute approximate surface area is 138 Å². The van der Waals surface area contributed by atoms with Crippen LogP contribution in [-0.4, -0.2) is 11.6 Å². The quantitative estimate of drug-likeness (QED) is 0.509. The van der Waals surface area contributed by atoms with Gasteiger partial charge in [-0.2, -0.15) is 0 Å². The lowest BCUT2D eigenvalue weighted by atomic mass is 10.2. The van der Waals surface area contributed by atoms with E-state index in [1.807, 2.05) is 60.7 Å². The number of fused-ring (bicyclic) bond motifs is 1. The molecular formula is C19H14BrNO. The average molecular weight is 352 g/mol. The highest BCUT2D eigenvalue weighted by Crippen LogP contribution is 2.18. The zero-order valence-electron chi connectivity index (χ0n) is 11.9. The Hall–Kier alpha value is -2.15. The summed E-state index contributed by atoms with van der Waals surface area (Å²) in [6.07, 6.45) is 0. The molecule has 0 fully saturated rings. The Morgan fingerprint density at radius 3 is 2.68 bits per heavy atom. The van der Waals surface area contributed by atoms with E-state index in [4.69, 9.17) is 4.74 Å². The van der Waals surface area contributed by atoms with Crippen molar-refractivity contribution in [2.75, 3.05) is 6.61 Å². The van der Waals surface area contributed by atoms with Gasteiger partial charge in [-0.15, -0.1) is 0 Å². The minimum absolute atomic E-state index is 0.396. The highest BCUT2D eigenvalue weighted by Gasteiger charge is 1.97. The molecule has 3 aromatic rings. The Bertz CT molecular complexity index is 834. The Balaban J connectivity index is 1.61. The molecule has 0 radical (unpaired) electrons. The van der Waals surface area contributed by atoms with Crippen LogP contribution in [0.3, 0.4) is 0 Å². The van der Waals surface area contributed by atoms with Gasteiger partial charge >= 0.3 is 0 Å². The Morgan fingerprint density at radius 1 is 1.00 bits per heavy atom. The summed E-state index contributed by atoms with van der Waals surface area (Å²) >= 11 is 3.46. The highest BCUT2D eigenvalue weighted by molar-refractivity contribution is 9.10. The van der Waals surface area contributed by atoms with Crippen molar-refractivity contribution in [2.24, 2.45) is 0 Å². The fourth-order valence-corrected chi connectivity index (χ4v) is 2.43. The third-order valence-corrected chi connectivity index (χ3v) is 3.65. The minimum atomic E-state index is 0.396. The van der Waals surface area contributed by atoms with Gasteiger partial charge < -0.3 is 4.74 Å². The van der Waals surface area contributed by atoms with E-state index >= 15 is 0 Å². The molecule has 0 unspecified atom stereocenters. The fourth-order valence-electron chi connectivity index (χ4n) is 2.08. The molecule has 3 heteroatoms. The molecule has 3 rings (SSSR count). The van der Waals surface area contributed by atoms with Crippen molar-refractivity contribution >= 4 is 26.8 Å². The van der Waals surface area contributed by atoms with Crippen LogP contribution < -0.4 is 0 Å². The van der Waals surface area contributed by atoms with Gasteiger partial charge in [0.25, 0.3) is 0 Å². The Morgan fingerprint density at radius 2 is 1.82 bits per heavy atom. The SMILES string of the molecule is Brc1ccc2ccc(C#CCOCc3ccccc3)nc2c1. The monoisotopic (exact) mass is 351 g/mol. The summed E-state index contributed by atoms with van der Waals surface area (Å²) in [6, 6.07) is 20.1. The average Bonchev–Trinajstić information content (AvgIpc) is 2.55. The molecule has 0 atom stereocenters. The van der Waals surface area contributed by atoms with Crippen LogP contribution in [0.5, 0.6) is 0 Å². The summed E-state index contributed by atoms with van der Waals surface area (Å²) in [6.45, 7) is 0.973. The van der Waals surface area contributed by atoms with E-state index in [0.29, 0.717) is 13.2 Å². The summed E-state index contributed by atoms with van der Waals surface area (Å²) < 4.78 is 6.56. The molecule has 0 aliphatic carbocycles. The summed E-state index contributed by atoms with van der Waals surface area (Å²) in [7, 11) is 0. The maximum atomic E-state index is 5.54. The predicted octanol–water partition coefficient (Wildman–Crippen LogP) is 4.57. The zero-order chi connectivity index (χ0) is 15.2.